The molecule has 0 atom stereocenters. The Balaban J connectivity index is 2.72. The average molecular weight is 248 g/mol. The standard InChI is InChI=1S/C9H7F3N2O3/c10-9(11,12)5-4-3(1-2-13-7(4)15)14-6(5)8(16)17/h14H,1-2H2,(H,13,15)(H,16,17). The lowest BCUT2D eigenvalue weighted by molar-refractivity contribution is -0.138. The van der Waals surface area contributed by atoms with E-state index in [9.17, 15) is 22.8 Å². The number of carboxylic acid groups (broad SMARTS) is 1. The van der Waals surface area contributed by atoms with Gasteiger partial charge in [-0.3, -0.25) is 4.79 Å². The predicted octanol–water partition coefficient (Wildman–Crippen LogP) is 1.02. The van der Waals surface area contributed by atoms with E-state index in [1.54, 1.807) is 0 Å². The van der Waals surface area contributed by atoms with Gasteiger partial charge in [-0.2, -0.15) is 13.2 Å². The van der Waals surface area contributed by atoms with E-state index in [1.807, 2.05) is 0 Å². The maximum absolute atomic E-state index is 12.7. The third kappa shape index (κ3) is 1.75. The van der Waals surface area contributed by atoms with Crippen LogP contribution in [0.15, 0.2) is 0 Å². The number of carbonyl (C=O) groups excluding carboxylic acids is 1. The van der Waals surface area contributed by atoms with Crippen LogP contribution in [-0.4, -0.2) is 28.5 Å². The lowest BCUT2D eigenvalue weighted by Crippen LogP contribution is -2.33. The molecule has 8 heteroatoms. The minimum Gasteiger partial charge on any atom is -0.477 e. The zero-order chi connectivity index (χ0) is 12.8. The second-order valence-electron chi connectivity index (χ2n) is 3.54. The van der Waals surface area contributed by atoms with E-state index in [-0.39, 0.29) is 18.7 Å². The first kappa shape index (κ1) is 11.5. The topological polar surface area (TPSA) is 82.2 Å². The molecule has 0 fully saturated rings. The van der Waals surface area contributed by atoms with Gasteiger partial charge in [0.15, 0.2) is 0 Å². The lowest BCUT2D eigenvalue weighted by Gasteiger charge is -2.14. The molecule has 2 rings (SSSR count). The molecule has 1 aliphatic rings. The number of aromatic carboxylic acids is 1. The zero-order valence-electron chi connectivity index (χ0n) is 8.31. The second-order valence-corrected chi connectivity index (χ2v) is 3.54. The molecular weight excluding hydrogens is 241 g/mol. The van der Waals surface area contributed by atoms with Crippen molar-refractivity contribution >= 4 is 11.9 Å². The van der Waals surface area contributed by atoms with Gasteiger partial charge >= 0.3 is 12.1 Å². The molecule has 1 aromatic rings. The van der Waals surface area contributed by atoms with Crippen molar-refractivity contribution < 1.29 is 27.9 Å². The number of halogens is 3. The molecule has 0 radical (unpaired) electrons. The van der Waals surface area contributed by atoms with Gasteiger partial charge in [0.05, 0.1) is 5.56 Å². The number of rotatable bonds is 1. The fourth-order valence-electron chi connectivity index (χ4n) is 1.82. The van der Waals surface area contributed by atoms with Crippen molar-refractivity contribution in [2.45, 2.75) is 12.6 Å². The third-order valence-electron chi connectivity index (χ3n) is 2.46. The molecule has 3 N–H and O–H groups in total. The predicted molar refractivity (Wildman–Crippen MR) is 48.8 cm³/mol. The molecule has 2 heterocycles. The van der Waals surface area contributed by atoms with Gasteiger partial charge in [-0.05, 0) is 0 Å². The number of aromatic amines is 1. The van der Waals surface area contributed by atoms with Gasteiger partial charge in [-0.15, -0.1) is 0 Å². The van der Waals surface area contributed by atoms with Crippen molar-refractivity contribution in [3.8, 4) is 0 Å². The summed E-state index contributed by atoms with van der Waals surface area (Å²) in [6.45, 7) is 0.183. The van der Waals surface area contributed by atoms with Gasteiger partial charge in [-0.1, -0.05) is 0 Å². The Morgan fingerprint density at radius 1 is 1.35 bits per heavy atom. The van der Waals surface area contributed by atoms with Crippen molar-refractivity contribution in [3.05, 3.63) is 22.5 Å². The molecule has 0 bridgehead atoms. The van der Waals surface area contributed by atoms with Crippen LogP contribution < -0.4 is 5.32 Å². The molecular formula is C9H7F3N2O3. The number of hydrogen-bond acceptors (Lipinski definition) is 2. The number of nitrogens with one attached hydrogen (secondary N) is 2. The highest BCUT2D eigenvalue weighted by Gasteiger charge is 2.43. The smallest absolute Gasteiger partial charge is 0.419 e. The van der Waals surface area contributed by atoms with Crippen LogP contribution in [0.2, 0.25) is 0 Å². The first-order valence-corrected chi connectivity index (χ1v) is 4.66. The van der Waals surface area contributed by atoms with E-state index >= 15 is 0 Å². The van der Waals surface area contributed by atoms with E-state index in [4.69, 9.17) is 5.11 Å². The summed E-state index contributed by atoms with van der Waals surface area (Å²) >= 11 is 0. The molecule has 5 nitrogen and oxygen atoms in total. The van der Waals surface area contributed by atoms with Crippen molar-refractivity contribution in [2.24, 2.45) is 0 Å². The Hall–Kier alpha value is -1.99. The largest absolute Gasteiger partial charge is 0.477 e. The fourth-order valence-corrected chi connectivity index (χ4v) is 1.82. The van der Waals surface area contributed by atoms with Crippen LogP contribution in [0, 0.1) is 0 Å². The second kappa shape index (κ2) is 3.51. The first-order valence-electron chi connectivity index (χ1n) is 4.66. The minimum atomic E-state index is -4.88. The molecule has 0 aliphatic carbocycles. The van der Waals surface area contributed by atoms with Crippen molar-refractivity contribution in [1.29, 1.82) is 0 Å². The summed E-state index contributed by atoms with van der Waals surface area (Å²) in [5.41, 5.74) is -2.99. The third-order valence-corrected chi connectivity index (χ3v) is 2.46. The Kier molecular flexibility index (Phi) is 2.37. The van der Waals surface area contributed by atoms with E-state index < -0.39 is 34.9 Å². The van der Waals surface area contributed by atoms with Crippen LogP contribution in [-0.2, 0) is 12.6 Å². The average Bonchev–Trinajstić information content (AvgIpc) is 2.57. The summed E-state index contributed by atoms with van der Waals surface area (Å²) in [4.78, 5) is 24.3. The van der Waals surface area contributed by atoms with Crippen LogP contribution in [0.3, 0.4) is 0 Å². The molecule has 0 unspecified atom stereocenters. The summed E-state index contributed by atoms with van der Waals surface area (Å²) in [5, 5.41) is 11.0. The summed E-state index contributed by atoms with van der Waals surface area (Å²) in [7, 11) is 0. The molecule has 0 saturated carbocycles. The quantitative estimate of drug-likeness (QED) is 0.693. The molecule has 17 heavy (non-hydrogen) atoms. The fraction of sp³-hybridized carbons (Fsp3) is 0.333. The van der Waals surface area contributed by atoms with Crippen molar-refractivity contribution in [2.75, 3.05) is 6.54 Å². The highest BCUT2D eigenvalue weighted by molar-refractivity contribution is 6.02. The normalized spacial score (nSPS) is 15.4. The monoisotopic (exact) mass is 248 g/mol. The molecule has 1 amide bonds. The summed E-state index contributed by atoms with van der Waals surface area (Å²) in [6, 6.07) is 0. The number of hydrogen-bond donors (Lipinski definition) is 3. The molecule has 1 aromatic heterocycles. The number of amides is 1. The Bertz CT molecular complexity index is 504. The minimum absolute atomic E-state index is 0.0125. The number of alkyl halides is 3. The summed E-state index contributed by atoms with van der Waals surface area (Å²) in [5.74, 6) is -2.64. The molecule has 0 aromatic carbocycles. The van der Waals surface area contributed by atoms with Gasteiger partial charge in [-0.25, -0.2) is 4.79 Å². The number of aromatic nitrogens is 1. The highest BCUT2D eigenvalue weighted by Crippen LogP contribution is 2.37. The van der Waals surface area contributed by atoms with Crippen molar-refractivity contribution in [1.82, 2.24) is 10.3 Å². The summed E-state index contributed by atoms with van der Waals surface area (Å²) in [6.07, 6.45) is -4.73. The lowest BCUT2D eigenvalue weighted by atomic mass is 10.0. The van der Waals surface area contributed by atoms with Crippen LogP contribution in [0.4, 0.5) is 13.2 Å². The zero-order valence-corrected chi connectivity index (χ0v) is 8.31. The maximum atomic E-state index is 12.7. The molecule has 0 saturated heterocycles. The van der Waals surface area contributed by atoms with Crippen molar-refractivity contribution in [3.63, 3.8) is 0 Å². The van der Waals surface area contributed by atoms with E-state index in [1.165, 1.54) is 0 Å². The Labute approximate surface area is 92.6 Å². The van der Waals surface area contributed by atoms with Crippen LogP contribution in [0.25, 0.3) is 0 Å². The number of carboxylic acids is 1. The van der Waals surface area contributed by atoms with Crippen LogP contribution in [0.1, 0.15) is 32.1 Å². The van der Waals surface area contributed by atoms with E-state index in [0.717, 1.165) is 0 Å². The van der Waals surface area contributed by atoms with Gasteiger partial charge < -0.3 is 15.4 Å². The SMILES string of the molecule is O=C(O)c1[nH]c2c(c1C(F)(F)F)C(=O)NCC2. The Morgan fingerprint density at radius 3 is 2.53 bits per heavy atom. The van der Waals surface area contributed by atoms with Gasteiger partial charge in [0, 0.05) is 18.7 Å². The first-order chi connectivity index (χ1) is 7.82. The van der Waals surface area contributed by atoms with Gasteiger partial charge in [0.2, 0.25) is 0 Å². The molecule has 92 valence electrons. The van der Waals surface area contributed by atoms with Crippen LogP contribution >= 0.6 is 0 Å². The molecule has 0 spiro atoms. The molecule has 1 aliphatic heterocycles. The number of carbonyl (C=O) groups is 2. The number of H-pyrrole nitrogens is 1. The van der Waals surface area contributed by atoms with Crippen LogP contribution in [0.5, 0.6) is 0 Å². The van der Waals surface area contributed by atoms with Gasteiger partial charge in [0.1, 0.15) is 11.3 Å². The van der Waals surface area contributed by atoms with Gasteiger partial charge in [0.25, 0.3) is 5.91 Å². The number of fused-ring (bicyclic) bond motifs is 1. The highest BCUT2D eigenvalue weighted by atomic mass is 19.4. The maximum Gasteiger partial charge on any atom is 0.419 e. The summed E-state index contributed by atoms with van der Waals surface area (Å²) < 4.78 is 38.2. The van der Waals surface area contributed by atoms with E-state index in [2.05, 4.69) is 10.3 Å². The van der Waals surface area contributed by atoms with E-state index in [0.29, 0.717) is 0 Å². The Morgan fingerprint density at radius 2 is 2.00 bits per heavy atom.